The van der Waals surface area contributed by atoms with Crippen molar-refractivity contribution in [3.8, 4) is 16.5 Å². The summed E-state index contributed by atoms with van der Waals surface area (Å²) >= 11 is 1.69. The minimum atomic E-state index is -3.84. The molecule has 5 rings (SSSR count). The number of hydrogen-bond acceptors (Lipinski definition) is 7. The van der Waals surface area contributed by atoms with Crippen molar-refractivity contribution in [2.45, 2.75) is 13.8 Å². The van der Waals surface area contributed by atoms with Crippen LogP contribution >= 0.6 is 19.2 Å². The fourth-order valence-corrected chi connectivity index (χ4v) is 6.68. The first-order valence-corrected chi connectivity index (χ1v) is 16.9. The lowest BCUT2D eigenvalue weighted by Crippen LogP contribution is -2.09. The van der Waals surface area contributed by atoms with Crippen molar-refractivity contribution in [2.24, 2.45) is 0 Å². The molecule has 0 aliphatic carbocycles. The topological polar surface area (TPSA) is 71.8 Å². The highest BCUT2D eigenvalue weighted by Gasteiger charge is 2.28. The van der Waals surface area contributed by atoms with Gasteiger partial charge in [0.25, 0.3) is 0 Å². The molecule has 0 aliphatic rings. The predicted molar refractivity (Wildman–Crippen MR) is 185 cm³/mol. The smallest absolute Gasteiger partial charge is 0.393 e. The first-order valence-electron chi connectivity index (χ1n) is 14.6. The summed E-state index contributed by atoms with van der Waals surface area (Å²) in [6, 6.07) is 43.1. The number of nitrogens with zero attached hydrogens (tertiary/aromatic N) is 2. The van der Waals surface area contributed by atoms with Crippen LogP contribution in [-0.4, -0.2) is 13.2 Å². The van der Waals surface area contributed by atoms with Crippen LogP contribution in [0.1, 0.15) is 29.9 Å². The van der Waals surface area contributed by atoms with Crippen LogP contribution in [0.15, 0.2) is 127 Å². The standard InChI is InChI=1S/C37H33N2O4PS/c1-3-41-44(40,42-4-2)43-35(28-38)27-30-15-20-31(21-16-30)37-26-25-36(45-37)24-19-29-17-22-34(23-18-29)39(32-11-7-5-8-12-32)33-13-9-6-10-14-33/h5-27H,3-4H2,1-2H3. The van der Waals surface area contributed by atoms with E-state index in [9.17, 15) is 9.83 Å². The second-order valence-electron chi connectivity index (χ2n) is 9.75. The third-order valence-corrected chi connectivity index (χ3v) is 9.30. The molecule has 1 heterocycles. The monoisotopic (exact) mass is 632 g/mol. The Balaban J connectivity index is 1.27. The number of anilines is 3. The third kappa shape index (κ3) is 8.48. The van der Waals surface area contributed by atoms with Crippen LogP contribution in [-0.2, 0) is 18.1 Å². The molecule has 0 amide bonds. The van der Waals surface area contributed by atoms with Crippen LogP contribution in [0.4, 0.5) is 17.1 Å². The second-order valence-corrected chi connectivity index (χ2v) is 12.5. The van der Waals surface area contributed by atoms with Gasteiger partial charge in [-0.3, -0.25) is 9.05 Å². The molecule has 45 heavy (non-hydrogen) atoms. The van der Waals surface area contributed by atoms with Gasteiger partial charge in [0, 0.05) is 26.8 Å². The predicted octanol–water partition coefficient (Wildman–Crippen LogP) is 11.1. The average Bonchev–Trinajstić information content (AvgIpc) is 3.55. The number of phosphoric acid groups is 1. The minimum absolute atomic E-state index is 0.136. The normalized spacial score (nSPS) is 11.8. The molecule has 6 nitrogen and oxygen atoms in total. The maximum absolute atomic E-state index is 12.6. The first-order chi connectivity index (χ1) is 22.0. The number of phosphoric ester groups is 1. The van der Waals surface area contributed by atoms with E-state index in [1.165, 1.54) is 6.08 Å². The van der Waals surface area contributed by atoms with Crippen LogP contribution in [0, 0.1) is 11.3 Å². The molecular weight excluding hydrogens is 599 g/mol. The Bertz CT molecular complexity index is 1780. The fraction of sp³-hybridized carbons (Fsp3) is 0.108. The minimum Gasteiger partial charge on any atom is -0.393 e. The second kappa shape index (κ2) is 15.3. The van der Waals surface area contributed by atoms with Gasteiger partial charge in [0.1, 0.15) is 6.07 Å². The lowest BCUT2D eigenvalue weighted by Gasteiger charge is -2.25. The van der Waals surface area contributed by atoms with E-state index in [4.69, 9.17) is 13.6 Å². The summed E-state index contributed by atoms with van der Waals surface area (Å²) in [5, 5.41) is 9.51. The molecule has 0 radical (unpaired) electrons. The molecule has 0 spiro atoms. The van der Waals surface area contributed by atoms with Gasteiger partial charge in [0.05, 0.1) is 13.2 Å². The van der Waals surface area contributed by atoms with Crippen molar-refractivity contribution >= 4 is 54.4 Å². The highest BCUT2D eigenvalue weighted by molar-refractivity contribution is 7.48. The fourth-order valence-electron chi connectivity index (χ4n) is 4.61. The Kier molecular flexibility index (Phi) is 10.8. The lowest BCUT2D eigenvalue weighted by molar-refractivity contribution is 0.149. The summed E-state index contributed by atoms with van der Waals surface area (Å²) in [4.78, 5) is 4.50. The van der Waals surface area contributed by atoms with Gasteiger partial charge >= 0.3 is 7.82 Å². The summed E-state index contributed by atoms with van der Waals surface area (Å²) < 4.78 is 28.2. The van der Waals surface area contributed by atoms with Gasteiger partial charge < -0.3 is 9.42 Å². The molecule has 1 aromatic heterocycles. The Morgan fingerprint density at radius 2 is 1.29 bits per heavy atom. The van der Waals surface area contributed by atoms with E-state index >= 15 is 0 Å². The summed E-state index contributed by atoms with van der Waals surface area (Å²) in [6.45, 7) is 3.63. The van der Waals surface area contributed by atoms with E-state index in [1.807, 2.05) is 42.5 Å². The zero-order chi connectivity index (χ0) is 31.5. The Labute approximate surface area is 268 Å². The summed E-state index contributed by atoms with van der Waals surface area (Å²) in [7, 11) is -3.84. The maximum atomic E-state index is 12.6. The van der Waals surface area contributed by atoms with E-state index in [-0.39, 0.29) is 19.0 Å². The van der Waals surface area contributed by atoms with Crippen molar-refractivity contribution < 1.29 is 18.1 Å². The molecule has 5 aromatic rings. The number of para-hydroxylation sites is 2. The first kappa shape index (κ1) is 31.7. The SMILES string of the molecule is CCOP(=O)(OCC)OC(C#N)=Cc1ccc(-c2ccc(C=Cc3ccc(N(c4ccccc4)c4ccccc4)cc3)s2)cc1. The average molecular weight is 633 g/mol. The molecular formula is C37H33N2O4PS. The van der Waals surface area contributed by atoms with Gasteiger partial charge in [0.2, 0.25) is 5.76 Å². The Morgan fingerprint density at radius 1 is 0.733 bits per heavy atom. The number of rotatable bonds is 13. The number of thiophene rings is 1. The molecule has 0 atom stereocenters. The van der Waals surface area contributed by atoms with Gasteiger partial charge in [-0.1, -0.05) is 78.9 Å². The molecule has 0 saturated carbocycles. The number of hydrogen-bond donors (Lipinski definition) is 0. The van der Waals surface area contributed by atoms with E-state index in [0.717, 1.165) is 43.5 Å². The van der Waals surface area contributed by atoms with Crippen molar-refractivity contribution in [1.82, 2.24) is 0 Å². The molecule has 8 heteroatoms. The van der Waals surface area contributed by atoms with Crippen molar-refractivity contribution in [3.05, 3.63) is 143 Å². The molecule has 4 aromatic carbocycles. The van der Waals surface area contributed by atoms with Crippen LogP contribution < -0.4 is 4.90 Å². The molecule has 0 N–H and O–H groups in total. The van der Waals surface area contributed by atoms with Crippen LogP contribution in [0.2, 0.25) is 0 Å². The lowest BCUT2D eigenvalue weighted by atomic mass is 10.1. The van der Waals surface area contributed by atoms with Gasteiger partial charge in [-0.2, -0.15) is 5.26 Å². The molecule has 0 fully saturated rings. The van der Waals surface area contributed by atoms with Gasteiger partial charge in [-0.25, -0.2) is 4.57 Å². The number of allylic oxidation sites excluding steroid dienone is 1. The molecule has 0 aliphatic heterocycles. The highest BCUT2D eigenvalue weighted by Crippen LogP contribution is 2.51. The Morgan fingerprint density at radius 3 is 1.84 bits per heavy atom. The molecule has 0 bridgehead atoms. The van der Waals surface area contributed by atoms with Crippen molar-refractivity contribution in [1.29, 1.82) is 5.26 Å². The number of nitriles is 1. The summed E-state index contributed by atoms with van der Waals surface area (Å²) in [6.07, 6.45) is 5.76. The quantitative estimate of drug-likeness (QED) is 0.0731. The summed E-state index contributed by atoms with van der Waals surface area (Å²) in [5.41, 5.74) is 6.20. The van der Waals surface area contributed by atoms with E-state index in [1.54, 1.807) is 25.2 Å². The van der Waals surface area contributed by atoms with Crippen LogP contribution in [0.5, 0.6) is 0 Å². The molecule has 0 saturated heterocycles. The van der Waals surface area contributed by atoms with Gasteiger partial charge in [-0.05, 0) is 91.2 Å². The van der Waals surface area contributed by atoms with E-state index in [2.05, 4.69) is 102 Å². The zero-order valence-corrected chi connectivity index (χ0v) is 26.8. The Hall–Kier alpha value is -4.70. The molecule has 226 valence electrons. The maximum Gasteiger partial charge on any atom is 0.530 e. The summed E-state index contributed by atoms with van der Waals surface area (Å²) in [5.74, 6) is -0.141. The van der Waals surface area contributed by atoms with Crippen molar-refractivity contribution in [3.63, 3.8) is 0 Å². The van der Waals surface area contributed by atoms with Crippen molar-refractivity contribution in [2.75, 3.05) is 18.1 Å². The number of benzene rings is 4. The zero-order valence-electron chi connectivity index (χ0n) is 25.1. The highest BCUT2D eigenvalue weighted by atomic mass is 32.1. The van der Waals surface area contributed by atoms with E-state index in [0.29, 0.717) is 0 Å². The van der Waals surface area contributed by atoms with Gasteiger partial charge in [-0.15, -0.1) is 11.3 Å². The van der Waals surface area contributed by atoms with Crippen LogP contribution in [0.3, 0.4) is 0 Å². The largest absolute Gasteiger partial charge is 0.530 e. The van der Waals surface area contributed by atoms with Gasteiger partial charge in [0.15, 0.2) is 0 Å². The molecule has 0 unspecified atom stereocenters. The van der Waals surface area contributed by atoms with Crippen LogP contribution in [0.25, 0.3) is 28.7 Å². The van der Waals surface area contributed by atoms with E-state index < -0.39 is 7.82 Å². The third-order valence-electron chi connectivity index (χ3n) is 6.63.